The molecule has 4 rings (SSSR count). The molecule has 0 bridgehead atoms. The molecule has 0 spiro atoms. The molecule has 0 N–H and O–H groups in total. The number of ether oxygens (including phenoxy) is 1. The molecule has 0 aliphatic carbocycles. The van der Waals surface area contributed by atoms with E-state index in [0.717, 1.165) is 28.6 Å². The Labute approximate surface area is 151 Å². The van der Waals surface area contributed by atoms with Crippen LogP contribution in [-0.2, 0) is 16.0 Å². The van der Waals surface area contributed by atoms with Crippen LogP contribution < -0.4 is 4.90 Å². The minimum absolute atomic E-state index is 0.0477. The van der Waals surface area contributed by atoms with Crippen molar-refractivity contribution < 1.29 is 18.7 Å². The summed E-state index contributed by atoms with van der Waals surface area (Å²) in [5.74, 6) is -0.703. The molecule has 2 heterocycles. The first kappa shape index (κ1) is 16.4. The molecule has 5 heteroatoms. The van der Waals surface area contributed by atoms with Gasteiger partial charge in [-0.1, -0.05) is 36.4 Å². The molecule has 3 aromatic rings. The number of benzene rings is 2. The minimum atomic E-state index is -0.618. The Hall–Kier alpha value is -3.08. The summed E-state index contributed by atoms with van der Waals surface area (Å²) in [5.41, 5.74) is 3.37. The van der Waals surface area contributed by atoms with Crippen molar-refractivity contribution in [2.75, 3.05) is 11.5 Å². The standard InChI is InChI=1S/C21H19NO4/c1-13-11-15-7-3-5-9-17(15)22(13)19(23)12-25-21(24)20-14(2)16-8-4-6-10-18(16)26-20/h3-10,13H,11-12H2,1-2H3/t13-/m1/s1. The Morgan fingerprint density at radius 2 is 1.88 bits per heavy atom. The average Bonchev–Trinajstić information content (AvgIpc) is 3.16. The van der Waals surface area contributed by atoms with Crippen molar-refractivity contribution in [2.45, 2.75) is 26.3 Å². The van der Waals surface area contributed by atoms with Gasteiger partial charge < -0.3 is 14.1 Å². The number of para-hydroxylation sites is 2. The van der Waals surface area contributed by atoms with E-state index in [9.17, 15) is 9.59 Å². The summed E-state index contributed by atoms with van der Waals surface area (Å²) in [7, 11) is 0. The van der Waals surface area contributed by atoms with Gasteiger partial charge in [0.05, 0.1) is 0 Å². The fourth-order valence-electron chi connectivity index (χ4n) is 3.58. The molecule has 0 radical (unpaired) electrons. The van der Waals surface area contributed by atoms with Crippen LogP contribution in [0.25, 0.3) is 11.0 Å². The zero-order valence-corrected chi connectivity index (χ0v) is 14.7. The molecule has 1 amide bonds. The molecule has 1 atom stereocenters. The van der Waals surface area contributed by atoms with Crippen LogP contribution in [-0.4, -0.2) is 24.5 Å². The summed E-state index contributed by atoms with van der Waals surface area (Å²) in [4.78, 5) is 26.7. The van der Waals surface area contributed by atoms with Crippen LogP contribution in [0.4, 0.5) is 5.69 Å². The Morgan fingerprint density at radius 1 is 1.15 bits per heavy atom. The van der Waals surface area contributed by atoms with Crippen LogP contribution >= 0.6 is 0 Å². The van der Waals surface area contributed by atoms with Crippen molar-refractivity contribution in [1.29, 1.82) is 0 Å². The quantitative estimate of drug-likeness (QED) is 0.674. The van der Waals surface area contributed by atoms with E-state index in [0.29, 0.717) is 5.58 Å². The molecular weight excluding hydrogens is 330 g/mol. The fraction of sp³-hybridized carbons (Fsp3) is 0.238. The SMILES string of the molecule is Cc1c(C(=O)OCC(=O)N2c3ccccc3C[C@H]2C)oc2ccccc12. The maximum absolute atomic E-state index is 12.6. The normalized spacial score (nSPS) is 15.9. The second kappa shape index (κ2) is 6.33. The number of rotatable bonds is 3. The largest absolute Gasteiger partial charge is 0.450 e. The Kier molecular flexibility index (Phi) is 3.99. The first-order valence-electron chi connectivity index (χ1n) is 8.61. The van der Waals surface area contributed by atoms with Gasteiger partial charge in [0.2, 0.25) is 5.76 Å². The first-order chi connectivity index (χ1) is 12.6. The van der Waals surface area contributed by atoms with Crippen molar-refractivity contribution in [3.05, 3.63) is 65.4 Å². The van der Waals surface area contributed by atoms with Gasteiger partial charge in [-0.2, -0.15) is 0 Å². The third-order valence-electron chi connectivity index (χ3n) is 4.83. The number of carbonyl (C=O) groups is 2. The molecule has 0 saturated carbocycles. The van der Waals surface area contributed by atoms with E-state index in [4.69, 9.17) is 9.15 Å². The maximum atomic E-state index is 12.6. The van der Waals surface area contributed by atoms with Crippen LogP contribution in [0.5, 0.6) is 0 Å². The molecule has 1 aliphatic heterocycles. The lowest BCUT2D eigenvalue weighted by Gasteiger charge is -2.22. The number of hydrogen-bond acceptors (Lipinski definition) is 4. The molecule has 2 aromatic carbocycles. The van der Waals surface area contributed by atoms with Gasteiger partial charge in [0.1, 0.15) is 5.58 Å². The van der Waals surface area contributed by atoms with Crippen molar-refractivity contribution in [1.82, 2.24) is 0 Å². The number of fused-ring (bicyclic) bond motifs is 2. The van der Waals surface area contributed by atoms with Gasteiger partial charge in [-0.3, -0.25) is 4.79 Å². The summed E-state index contributed by atoms with van der Waals surface area (Å²) in [6.07, 6.45) is 0.804. The topological polar surface area (TPSA) is 59.8 Å². The van der Waals surface area contributed by atoms with E-state index in [1.165, 1.54) is 0 Å². The zero-order valence-electron chi connectivity index (χ0n) is 14.7. The van der Waals surface area contributed by atoms with E-state index in [1.807, 2.05) is 56.3 Å². The molecule has 26 heavy (non-hydrogen) atoms. The molecule has 0 saturated heterocycles. The second-order valence-corrected chi connectivity index (χ2v) is 6.57. The number of esters is 1. The summed E-state index contributed by atoms with van der Waals surface area (Å²) >= 11 is 0. The van der Waals surface area contributed by atoms with Gasteiger partial charge in [-0.05, 0) is 38.0 Å². The van der Waals surface area contributed by atoms with Gasteiger partial charge in [-0.15, -0.1) is 0 Å². The third-order valence-corrected chi connectivity index (χ3v) is 4.83. The van der Waals surface area contributed by atoms with Crippen molar-refractivity contribution in [3.63, 3.8) is 0 Å². The fourth-order valence-corrected chi connectivity index (χ4v) is 3.58. The highest BCUT2D eigenvalue weighted by Crippen LogP contribution is 2.32. The van der Waals surface area contributed by atoms with Crippen molar-refractivity contribution in [3.8, 4) is 0 Å². The van der Waals surface area contributed by atoms with Gasteiger partial charge >= 0.3 is 5.97 Å². The van der Waals surface area contributed by atoms with Crippen LogP contribution in [0.15, 0.2) is 52.9 Å². The number of hydrogen-bond donors (Lipinski definition) is 0. The van der Waals surface area contributed by atoms with E-state index < -0.39 is 5.97 Å². The minimum Gasteiger partial charge on any atom is -0.450 e. The summed E-state index contributed by atoms with van der Waals surface area (Å²) in [6, 6.07) is 15.3. The lowest BCUT2D eigenvalue weighted by Crippen LogP contribution is -2.38. The van der Waals surface area contributed by atoms with Gasteiger partial charge in [0.15, 0.2) is 6.61 Å². The summed E-state index contributed by atoms with van der Waals surface area (Å²) in [5, 5.41) is 0.868. The Balaban J connectivity index is 1.49. The van der Waals surface area contributed by atoms with Gasteiger partial charge in [0.25, 0.3) is 5.91 Å². The first-order valence-corrected chi connectivity index (χ1v) is 8.61. The smallest absolute Gasteiger partial charge is 0.375 e. The zero-order chi connectivity index (χ0) is 18.3. The van der Waals surface area contributed by atoms with E-state index >= 15 is 0 Å². The number of nitrogens with zero attached hydrogens (tertiary/aromatic N) is 1. The van der Waals surface area contributed by atoms with Gasteiger partial charge in [-0.25, -0.2) is 4.79 Å². The van der Waals surface area contributed by atoms with Crippen molar-refractivity contribution in [2.24, 2.45) is 0 Å². The van der Waals surface area contributed by atoms with E-state index in [2.05, 4.69) is 0 Å². The highest BCUT2D eigenvalue weighted by atomic mass is 16.5. The van der Waals surface area contributed by atoms with Crippen LogP contribution in [0, 0.1) is 6.92 Å². The number of furan rings is 1. The van der Waals surface area contributed by atoms with Crippen molar-refractivity contribution >= 4 is 28.5 Å². The highest BCUT2D eigenvalue weighted by molar-refractivity contribution is 6.00. The molecule has 1 aliphatic rings. The summed E-state index contributed by atoms with van der Waals surface area (Å²) < 4.78 is 10.8. The Morgan fingerprint density at radius 3 is 2.69 bits per heavy atom. The Bertz CT molecular complexity index is 1000. The average molecular weight is 349 g/mol. The lowest BCUT2D eigenvalue weighted by atomic mass is 10.1. The third kappa shape index (κ3) is 2.65. The molecule has 1 aromatic heterocycles. The highest BCUT2D eigenvalue weighted by Gasteiger charge is 2.31. The molecule has 132 valence electrons. The molecule has 0 fully saturated rings. The molecular formula is C21H19NO4. The summed E-state index contributed by atoms with van der Waals surface area (Å²) in [6.45, 7) is 3.49. The molecule has 0 unspecified atom stereocenters. The maximum Gasteiger partial charge on any atom is 0.375 e. The second-order valence-electron chi connectivity index (χ2n) is 6.57. The molecule has 5 nitrogen and oxygen atoms in total. The predicted molar refractivity (Wildman–Crippen MR) is 98.3 cm³/mol. The van der Waals surface area contributed by atoms with Crippen LogP contribution in [0.2, 0.25) is 0 Å². The predicted octanol–water partition coefficient (Wildman–Crippen LogP) is 3.88. The lowest BCUT2D eigenvalue weighted by molar-refractivity contribution is -0.122. The van der Waals surface area contributed by atoms with Gasteiger partial charge in [0, 0.05) is 22.7 Å². The number of amides is 1. The van der Waals surface area contributed by atoms with E-state index in [-0.39, 0.29) is 24.3 Å². The van der Waals surface area contributed by atoms with E-state index in [1.54, 1.807) is 11.0 Å². The number of aryl methyl sites for hydroxylation is 1. The number of carbonyl (C=O) groups excluding carboxylic acids is 2. The van der Waals surface area contributed by atoms with Crippen LogP contribution in [0.1, 0.15) is 28.6 Å². The van der Waals surface area contributed by atoms with Crippen LogP contribution in [0.3, 0.4) is 0 Å². The number of anilines is 1. The monoisotopic (exact) mass is 349 g/mol.